The van der Waals surface area contributed by atoms with Crippen molar-refractivity contribution < 1.29 is 0 Å². The fraction of sp³-hybridized carbons (Fsp3) is 0.222. The van der Waals surface area contributed by atoms with Crippen LogP contribution in [0.2, 0.25) is 0 Å². The van der Waals surface area contributed by atoms with Crippen molar-refractivity contribution in [2.24, 2.45) is 0 Å². The molecule has 5 N–H and O–H groups in total. The first-order valence-corrected chi connectivity index (χ1v) is 8.81. The molecule has 3 aromatic rings. The van der Waals surface area contributed by atoms with Crippen LogP contribution in [0.1, 0.15) is 41.3 Å². The summed E-state index contributed by atoms with van der Waals surface area (Å²) in [5.41, 5.74) is 13.6. The number of anilines is 2. The zero-order valence-electron chi connectivity index (χ0n) is 13.4. The molecule has 2 heterocycles. The maximum atomic E-state index is 8.09. The molecule has 7 heteroatoms. The smallest absolute Gasteiger partial charge is 0.139 e. The van der Waals surface area contributed by atoms with Gasteiger partial charge in [0, 0.05) is 11.5 Å². The average molecular weight is 348 g/mol. The predicted molar refractivity (Wildman–Crippen MR) is 101 cm³/mol. The van der Waals surface area contributed by atoms with Crippen molar-refractivity contribution >= 4 is 38.9 Å². The minimum absolute atomic E-state index is 0.00383. The van der Waals surface area contributed by atoms with Crippen LogP contribution >= 0.6 is 11.3 Å². The van der Waals surface area contributed by atoms with E-state index in [2.05, 4.69) is 21.8 Å². The minimum Gasteiger partial charge on any atom is -0.383 e. The summed E-state index contributed by atoms with van der Waals surface area (Å²) in [6.45, 7) is 0. The predicted octanol–water partition coefficient (Wildman–Crippen LogP) is 2.94. The van der Waals surface area contributed by atoms with E-state index in [4.69, 9.17) is 21.9 Å². The highest BCUT2D eigenvalue weighted by Gasteiger charge is 2.22. The molecular weight excluding hydrogens is 332 g/mol. The van der Waals surface area contributed by atoms with Gasteiger partial charge in [0.15, 0.2) is 0 Å². The van der Waals surface area contributed by atoms with Crippen molar-refractivity contribution in [3.63, 3.8) is 0 Å². The van der Waals surface area contributed by atoms with E-state index in [1.54, 1.807) is 11.3 Å². The lowest BCUT2D eigenvalue weighted by Crippen LogP contribution is -2.09. The first kappa shape index (κ1) is 15.5. The van der Waals surface area contributed by atoms with Crippen molar-refractivity contribution in [1.29, 1.82) is 5.41 Å². The number of hydrogen-bond donors (Lipinski definition) is 3. The summed E-state index contributed by atoms with van der Waals surface area (Å²) in [6, 6.07) is 5.94. The lowest BCUT2D eigenvalue weighted by Gasteiger charge is -2.22. The Morgan fingerprint density at radius 2 is 1.96 bits per heavy atom. The molecule has 1 fully saturated rings. The van der Waals surface area contributed by atoms with E-state index in [0.29, 0.717) is 5.92 Å². The van der Waals surface area contributed by atoms with E-state index in [1.165, 1.54) is 35.3 Å². The molecule has 0 bridgehead atoms. The number of nitrogens with two attached hydrogens (primary N) is 2. The highest BCUT2D eigenvalue weighted by Crippen LogP contribution is 2.39. The summed E-state index contributed by atoms with van der Waals surface area (Å²) >= 11 is 1.76. The van der Waals surface area contributed by atoms with Crippen LogP contribution in [0.4, 0.5) is 11.6 Å². The van der Waals surface area contributed by atoms with Gasteiger partial charge in [-0.05, 0) is 37.0 Å². The Balaban J connectivity index is 1.62. The van der Waals surface area contributed by atoms with Crippen LogP contribution in [0.25, 0.3) is 10.2 Å². The normalized spacial score (nSPS) is 13.9. The van der Waals surface area contributed by atoms with E-state index in [-0.39, 0.29) is 22.9 Å². The molecule has 25 heavy (non-hydrogen) atoms. The number of nitrogens with zero attached hydrogens (tertiary/aromatic N) is 3. The summed E-state index contributed by atoms with van der Waals surface area (Å²) in [5, 5.41) is 9.31. The number of rotatable bonds is 2. The number of nitrogens with one attached hydrogen (secondary N) is 1. The first-order valence-electron chi connectivity index (χ1n) is 7.99. The summed E-state index contributed by atoms with van der Waals surface area (Å²) in [6.07, 6.45) is 5.05. The lowest BCUT2D eigenvalue weighted by atomic mass is 9.86. The second-order valence-corrected chi connectivity index (χ2v) is 7.07. The first-order chi connectivity index (χ1) is 12.1. The number of benzene rings is 1. The average Bonchev–Trinajstić information content (AvgIpc) is 2.93. The van der Waals surface area contributed by atoms with E-state index >= 15 is 0 Å². The van der Waals surface area contributed by atoms with Crippen LogP contribution in [0.3, 0.4) is 0 Å². The molecule has 0 radical (unpaired) electrons. The largest absolute Gasteiger partial charge is 0.383 e. The van der Waals surface area contributed by atoms with Gasteiger partial charge >= 0.3 is 0 Å². The van der Waals surface area contributed by atoms with Gasteiger partial charge in [0.2, 0.25) is 0 Å². The number of thiazole rings is 1. The van der Waals surface area contributed by atoms with Crippen LogP contribution in [-0.4, -0.2) is 20.7 Å². The van der Waals surface area contributed by atoms with E-state index in [9.17, 15) is 0 Å². The SMILES string of the molecule is N=C(C#Cc1ccc2sc(C3CCC3)nc2c1)c1c(N)ncnc1N. The van der Waals surface area contributed by atoms with Gasteiger partial charge in [0.1, 0.15) is 23.7 Å². The third-order valence-electron chi connectivity index (χ3n) is 4.35. The topological polar surface area (TPSA) is 115 Å². The molecule has 0 aliphatic heterocycles. The Morgan fingerprint density at radius 3 is 2.64 bits per heavy atom. The quantitative estimate of drug-likeness (QED) is 0.486. The molecule has 0 spiro atoms. The monoisotopic (exact) mass is 348 g/mol. The molecule has 1 aromatic carbocycles. The lowest BCUT2D eigenvalue weighted by molar-refractivity contribution is 0.419. The molecule has 0 saturated heterocycles. The molecule has 1 aliphatic rings. The van der Waals surface area contributed by atoms with Crippen molar-refractivity contribution in [3.05, 3.63) is 40.7 Å². The standard InChI is InChI=1S/C18H16N6S/c19-12(15-16(20)22-9-23-17(15)21)6-4-10-5-7-14-13(8-10)24-18(25-14)11-2-1-3-11/h5,7-9,11,19H,1-3H2,(H4,20,21,22,23). The van der Waals surface area contributed by atoms with E-state index in [1.807, 2.05) is 18.2 Å². The Labute approximate surface area is 148 Å². The highest BCUT2D eigenvalue weighted by atomic mass is 32.1. The number of hydrogen-bond acceptors (Lipinski definition) is 7. The van der Waals surface area contributed by atoms with Gasteiger partial charge in [-0.3, -0.25) is 5.41 Å². The number of nitrogen functional groups attached to an aromatic ring is 2. The van der Waals surface area contributed by atoms with Crippen molar-refractivity contribution in [2.45, 2.75) is 25.2 Å². The van der Waals surface area contributed by atoms with Gasteiger partial charge in [0.25, 0.3) is 0 Å². The molecule has 1 saturated carbocycles. The third-order valence-corrected chi connectivity index (χ3v) is 5.55. The number of aromatic nitrogens is 3. The summed E-state index contributed by atoms with van der Waals surface area (Å²) in [5.74, 6) is 6.71. The van der Waals surface area contributed by atoms with E-state index < -0.39 is 0 Å². The Bertz CT molecular complexity index is 1020. The highest BCUT2D eigenvalue weighted by molar-refractivity contribution is 7.18. The third kappa shape index (κ3) is 2.92. The molecule has 0 amide bonds. The van der Waals surface area contributed by atoms with Crippen molar-refractivity contribution in [1.82, 2.24) is 15.0 Å². The van der Waals surface area contributed by atoms with Crippen molar-refractivity contribution in [2.75, 3.05) is 11.5 Å². The zero-order chi connectivity index (χ0) is 17.4. The summed E-state index contributed by atoms with van der Waals surface area (Å²) < 4.78 is 1.17. The van der Waals surface area contributed by atoms with Gasteiger partial charge < -0.3 is 11.5 Å². The maximum Gasteiger partial charge on any atom is 0.139 e. The molecular formula is C18H16N6S. The zero-order valence-corrected chi connectivity index (χ0v) is 14.2. The maximum absolute atomic E-state index is 8.09. The molecule has 6 nitrogen and oxygen atoms in total. The fourth-order valence-electron chi connectivity index (χ4n) is 2.72. The van der Waals surface area contributed by atoms with Gasteiger partial charge in [0.05, 0.1) is 20.8 Å². The molecule has 2 aromatic heterocycles. The van der Waals surface area contributed by atoms with Crippen molar-refractivity contribution in [3.8, 4) is 11.8 Å². The molecule has 1 aliphatic carbocycles. The van der Waals surface area contributed by atoms with Gasteiger partial charge in [-0.1, -0.05) is 12.3 Å². The van der Waals surface area contributed by atoms with Crippen LogP contribution in [0.15, 0.2) is 24.5 Å². The minimum atomic E-state index is 0.00383. The van der Waals surface area contributed by atoms with Gasteiger partial charge in [-0.2, -0.15) is 0 Å². The fourth-order valence-corrected chi connectivity index (χ4v) is 3.84. The van der Waals surface area contributed by atoms with Gasteiger partial charge in [-0.25, -0.2) is 15.0 Å². The molecule has 0 unspecified atom stereocenters. The van der Waals surface area contributed by atoms with Crippen LogP contribution in [-0.2, 0) is 0 Å². The van der Waals surface area contributed by atoms with Crippen LogP contribution < -0.4 is 11.5 Å². The molecule has 4 rings (SSSR count). The van der Waals surface area contributed by atoms with Gasteiger partial charge in [-0.15, -0.1) is 11.3 Å². The Hall–Kier alpha value is -2.98. The van der Waals surface area contributed by atoms with Crippen LogP contribution in [0.5, 0.6) is 0 Å². The summed E-state index contributed by atoms with van der Waals surface area (Å²) in [7, 11) is 0. The Kier molecular flexibility index (Phi) is 3.82. The second-order valence-electron chi connectivity index (χ2n) is 6.01. The molecule has 0 atom stereocenters. The second kappa shape index (κ2) is 6.15. The van der Waals surface area contributed by atoms with Crippen LogP contribution in [0, 0.1) is 17.3 Å². The number of fused-ring (bicyclic) bond motifs is 1. The van der Waals surface area contributed by atoms with E-state index in [0.717, 1.165) is 11.1 Å². The Morgan fingerprint density at radius 1 is 1.20 bits per heavy atom. The molecule has 124 valence electrons. The summed E-state index contributed by atoms with van der Waals surface area (Å²) in [4.78, 5) is 12.5.